The first-order valence-corrected chi connectivity index (χ1v) is 17.4. The molecular formula is C28H28N6O2SSi. The van der Waals surface area contributed by atoms with E-state index in [-0.39, 0.29) is 4.90 Å². The van der Waals surface area contributed by atoms with Gasteiger partial charge < -0.3 is 4.90 Å². The van der Waals surface area contributed by atoms with E-state index in [4.69, 9.17) is 0 Å². The largest absolute Gasteiger partial charge is 0.367 e. The van der Waals surface area contributed by atoms with Gasteiger partial charge in [-0.2, -0.15) is 10.4 Å². The summed E-state index contributed by atoms with van der Waals surface area (Å²) in [6.45, 7) is 7.99. The van der Waals surface area contributed by atoms with Crippen LogP contribution in [0.5, 0.6) is 0 Å². The van der Waals surface area contributed by atoms with Gasteiger partial charge in [-0.05, 0) is 36.4 Å². The van der Waals surface area contributed by atoms with Crippen LogP contribution in [0.1, 0.15) is 11.1 Å². The minimum Gasteiger partial charge on any atom is -0.367 e. The average Bonchev–Trinajstić information content (AvgIpc) is 3.34. The summed E-state index contributed by atoms with van der Waals surface area (Å²) >= 11 is 0. The number of hydrogen-bond donors (Lipinski definition) is 1. The zero-order chi connectivity index (χ0) is 26.9. The molecule has 1 aliphatic rings. The first-order chi connectivity index (χ1) is 18.2. The summed E-state index contributed by atoms with van der Waals surface area (Å²) in [6, 6.07) is 14.7. The molecule has 0 aliphatic carbocycles. The lowest BCUT2D eigenvalue weighted by molar-refractivity contribution is 0.509. The Labute approximate surface area is 223 Å². The van der Waals surface area contributed by atoms with Gasteiger partial charge in [0, 0.05) is 60.6 Å². The highest BCUT2D eigenvalue weighted by Gasteiger charge is 2.32. The van der Waals surface area contributed by atoms with Crippen molar-refractivity contribution < 1.29 is 8.42 Å². The molecule has 192 valence electrons. The number of nitrogens with zero attached hydrogens (tertiary/aromatic N) is 5. The predicted octanol–water partition coefficient (Wildman–Crippen LogP) is 3.71. The number of hydrogen-bond acceptors (Lipinski definition) is 7. The van der Waals surface area contributed by atoms with Gasteiger partial charge in [0.1, 0.15) is 19.5 Å². The Morgan fingerprint density at radius 3 is 2.61 bits per heavy atom. The molecule has 1 atom stereocenters. The predicted molar refractivity (Wildman–Crippen MR) is 151 cm³/mol. The fraction of sp³-hybridized carbons (Fsp3) is 0.250. The molecule has 0 spiro atoms. The van der Waals surface area contributed by atoms with Crippen LogP contribution in [-0.2, 0) is 9.84 Å². The van der Waals surface area contributed by atoms with Gasteiger partial charge in [0.25, 0.3) is 0 Å². The van der Waals surface area contributed by atoms with Gasteiger partial charge >= 0.3 is 0 Å². The number of fused-ring (bicyclic) bond motifs is 1. The summed E-state index contributed by atoms with van der Waals surface area (Å²) in [6.07, 6.45) is 6.89. The lowest BCUT2D eigenvalue weighted by Crippen LogP contribution is -2.54. The van der Waals surface area contributed by atoms with Crippen LogP contribution in [0.3, 0.4) is 0 Å². The SMILES string of the molecule is C[Si](C)(C)C#Cc1ccc(S(=O)(=O)C2CN(c3ccncc3-c3ccc4c(C#N)cnn4c3)CCN2)cc1. The van der Waals surface area contributed by atoms with E-state index in [1.165, 1.54) is 0 Å². The molecule has 1 fully saturated rings. The lowest BCUT2D eigenvalue weighted by Gasteiger charge is -2.35. The van der Waals surface area contributed by atoms with E-state index < -0.39 is 23.3 Å². The molecule has 4 heterocycles. The molecule has 0 bridgehead atoms. The standard InChI is InChI=1S/C28H28N6O2SSi/c1-38(2,3)15-11-21-4-7-24(8-5-21)37(35,36)28-20-33(14-13-31-28)27-10-12-30-18-25(27)22-6-9-26-23(16-29)17-32-34(26)19-22/h4-10,12,17-19,28,31H,13-14,20H2,1-3H3. The van der Waals surface area contributed by atoms with Crippen molar-refractivity contribution in [1.29, 1.82) is 5.26 Å². The van der Waals surface area contributed by atoms with E-state index in [1.807, 2.05) is 24.4 Å². The van der Waals surface area contributed by atoms with Crippen molar-refractivity contribution in [3.05, 3.63) is 78.4 Å². The van der Waals surface area contributed by atoms with Crippen molar-refractivity contribution in [2.45, 2.75) is 29.9 Å². The van der Waals surface area contributed by atoms with E-state index in [1.54, 1.807) is 47.4 Å². The molecule has 5 rings (SSSR count). The zero-order valence-corrected chi connectivity index (χ0v) is 23.3. The molecule has 1 aromatic carbocycles. The second-order valence-electron chi connectivity index (χ2n) is 10.3. The van der Waals surface area contributed by atoms with Gasteiger partial charge in [-0.15, -0.1) is 5.54 Å². The smallest absolute Gasteiger partial charge is 0.195 e. The van der Waals surface area contributed by atoms with Crippen LogP contribution in [-0.4, -0.2) is 56.1 Å². The fourth-order valence-corrected chi connectivity index (χ4v) is 6.49. The third kappa shape index (κ3) is 5.20. The molecular weight excluding hydrogens is 513 g/mol. The van der Waals surface area contributed by atoms with E-state index in [0.717, 1.165) is 27.9 Å². The van der Waals surface area contributed by atoms with Crippen molar-refractivity contribution in [1.82, 2.24) is 19.9 Å². The van der Waals surface area contributed by atoms with Crippen molar-refractivity contribution in [3.63, 3.8) is 0 Å². The molecule has 0 saturated carbocycles. The van der Waals surface area contributed by atoms with Crippen molar-refractivity contribution in [3.8, 4) is 28.7 Å². The highest BCUT2D eigenvalue weighted by atomic mass is 32.2. The van der Waals surface area contributed by atoms with Crippen molar-refractivity contribution in [2.24, 2.45) is 0 Å². The summed E-state index contributed by atoms with van der Waals surface area (Å²) in [4.78, 5) is 6.68. The van der Waals surface area contributed by atoms with Gasteiger partial charge in [-0.3, -0.25) is 10.3 Å². The maximum absolute atomic E-state index is 13.6. The van der Waals surface area contributed by atoms with E-state index in [9.17, 15) is 13.7 Å². The molecule has 1 aliphatic heterocycles. The summed E-state index contributed by atoms with van der Waals surface area (Å²) in [7, 11) is -5.14. The number of pyridine rings is 2. The van der Waals surface area contributed by atoms with Gasteiger partial charge in [-0.1, -0.05) is 31.6 Å². The number of piperazine rings is 1. The average molecular weight is 541 g/mol. The third-order valence-corrected chi connectivity index (χ3v) is 9.23. The van der Waals surface area contributed by atoms with Crippen LogP contribution >= 0.6 is 0 Å². The summed E-state index contributed by atoms with van der Waals surface area (Å²) in [5.41, 5.74) is 8.01. The molecule has 1 unspecified atom stereocenters. The summed E-state index contributed by atoms with van der Waals surface area (Å²) in [5.74, 6) is 3.17. The zero-order valence-electron chi connectivity index (χ0n) is 21.5. The summed E-state index contributed by atoms with van der Waals surface area (Å²) in [5, 5.41) is 16.0. The Morgan fingerprint density at radius 1 is 1.08 bits per heavy atom. The Hall–Kier alpha value is -3.96. The van der Waals surface area contributed by atoms with E-state index in [2.05, 4.69) is 57.5 Å². The molecule has 1 saturated heterocycles. The van der Waals surface area contributed by atoms with Crippen LogP contribution in [0.4, 0.5) is 5.69 Å². The maximum Gasteiger partial charge on any atom is 0.195 e. The van der Waals surface area contributed by atoms with Gasteiger partial charge in [0.05, 0.1) is 22.2 Å². The van der Waals surface area contributed by atoms with E-state index in [0.29, 0.717) is 25.2 Å². The van der Waals surface area contributed by atoms with Gasteiger partial charge in [-0.25, -0.2) is 12.9 Å². The molecule has 10 heteroatoms. The third-order valence-electron chi connectivity index (χ3n) is 6.37. The number of nitrogens with one attached hydrogen (secondary N) is 1. The molecule has 0 radical (unpaired) electrons. The Bertz CT molecular complexity index is 1710. The summed E-state index contributed by atoms with van der Waals surface area (Å²) < 4.78 is 28.8. The molecule has 4 aromatic rings. The van der Waals surface area contributed by atoms with Crippen LogP contribution in [0.2, 0.25) is 19.6 Å². The van der Waals surface area contributed by atoms with Crippen LogP contribution in [0, 0.1) is 22.8 Å². The monoisotopic (exact) mass is 540 g/mol. The Kier molecular flexibility index (Phi) is 6.80. The Morgan fingerprint density at radius 2 is 1.87 bits per heavy atom. The maximum atomic E-state index is 13.6. The first-order valence-electron chi connectivity index (χ1n) is 12.3. The van der Waals surface area contributed by atoms with Crippen molar-refractivity contribution >= 4 is 29.1 Å². The van der Waals surface area contributed by atoms with Gasteiger partial charge in [0.2, 0.25) is 0 Å². The topological polar surface area (TPSA) is 103 Å². The number of rotatable bonds is 4. The second-order valence-corrected chi connectivity index (χ2v) is 17.1. The van der Waals surface area contributed by atoms with E-state index >= 15 is 0 Å². The quantitative estimate of drug-likeness (QED) is 0.311. The molecule has 8 nitrogen and oxygen atoms in total. The van der Waals surface area contributed by atoms with Crippen LogP contribution < -0.4 is 10.2 Å². The molecule has 1 N–H and O–H groups in total. The molecule has 38 heavy (non-hydrogen) atoms. The fourth-order valence-electron chi connectivity index (χ4n) is 4.41. The Balaban J connectivity index is 1.41. The number of sulfone groups is 1. The highest BCUT2D eigenvalue weighted by molar-refractivity contribution is 7.92. The number of anilines is 1. The van der Waals surface area contributed by atoms with Crippen LogP contribution in [0.15, 0.2) is 72.1 Å². The number of benzene rings is 1. The van der Waals surface area contributed by atoms with Crippen molar-refractivity contribution in [2.75, 3.05) is 24.5 Å². The lowest BCUT2D eigenvalue weighted by atomic mass is 10.1. The molecule has 0 amide bonds. The minimum absolute atomic E-state index is 0.280. The highest BCUT2D eigenvalue weighted by Crippen LogP contribution is 2.32. The number of nitriles is 1. The van der Waals surface area contributed by atoms with Gasteiger partial charge in [0.15, 0.2) is 9.84 Å². The molecule has 3 aromatic heterocycles. The second kappa shape index (κ2) is 10.1. The van der Waals surface area contributed by atoms with Crippen LogP contribution in [0.25, 0.3) is 16.6 Å². The number of aromatic nitrogens is 3. The first kappa shape index (κ1) is 25.7. The minimum atomic E-state index is -3.62. The normalized spacial score (nSPS) is 16.1.